The predicted octanol–water partition coefficient (Wildman–Crippen LogP) is 4.59. The fraction of sp³-hybridized carbons (Fsp3) is 0.240. The number of aliphatic hydroxyl groups excluding tert-OH is 1. The third kappa shape index (κ3) is 5.22. The second-order valence-electron chi connectivity index (χ2n) is 8.01. The van der Waals surface area contributed by atoms with E-state index < -0.39 is 12.1 Å². The van der Waals surface area contributed by atoms with Gasteiger partial charge in [-0.25, -0.2) is 4.79 Å². The Hall–Kier alpha value is -3.06. The van der Waals surface area contributed by atoms with Gasteiger partial charge in [0.2, 0.25) is 0 Å². The molecular formula is C25H25ClN2O4. The van der Waals surface area contributed by atoms with Gasteiger partial charge in [0.05, 0.1) is 11.7 Å². The van der Waals surface area contributed by atoms with Crippen LogP contribution in [0.5, 0.6) is 11.5 Å². The molecule has 0 amide bonds. The Kier molecular flexibility index (Phi) is 6.65. The zero-order valence-corrected chi connectivity index (χ0v) is 18.2. The number of aryl methyl sites for hydroxylation is 1. The summed E-state index contributed by atoms with van der Waals surface area (Å²) in [5.74, 6) is -0.0246. The van der Waals surface area contributed by atoms with Crippen LogP contribution in [0.3, 0.4) is 0 Å². The lowest BCUT2D eigenvalue weighted by Gasteiger charge is -2.27. The maximum absolute atomic E-state index is 11.3. The molecule has 0 unspecified atom stereocenters. The van der Waals surface area contributed by atoms with Crippen LogP contribution in [0.2, 0.25) is 5.02 Å². The Labute approximate surface area is 191 Å². The summed E-state index contributed by atoms with van der Waals surface area (Å²) in [6, 6.07) is 18.1. The van der Waals surface area contributed by atoms with Crippen LogP contribution >= 0.6 is 11.6 Å². The molecule has 0 heterocycles. The summed E-state index contributed by atoms with van der Waals surface area (Å²) in [6.07, 6.45) is 2.11. The second-order valence-corrected chi connectivity index (χ2v) is 8.44. The molecule has 5 N–H and O–H groups in total. The summed E-state index contributed by atoms with van der Waals surface area (Å²) in [5.41, 5.74) is 9.17. The van der Waals surface area contributed by atoms with Crippen molar-refractivity contribution in [1.29, 1.82) is 0 Å². The fourth-order valence-electron chi connectivity index (χ4n) is 4.00. The maximum Gasteiger partial charge on any atom is 0.337 e. The SMILES string of the molecule is Nc1ccc(Oc2ccc3c(c2)C[C@@H](NC[C@@H](O)c2cccc(Cl)c2)CC3)cc1C(=O)O. The quantitative estimate of drug-likeness (QED) is 0.391. The minimum absolute atomic E-state index is 0.0167. The molecule has 1 aliphatic rings. The number of nitrogens with two attached hydrogens (primary N) is 1. The minimum atomic E-state index is -1.09. The van der Waals surface area contributed by atoms with E-state index in [0.717, 1.165) is 24.8 Å². The van der Waals surface area contributed by atoms with E-state index in [0.29, 0.717) is 23.1 Å². The number of carboxylic acids is 1. The largest absolute Gasteiger partial charge is 0.478 e. The Bertz CT molecular complexity index is 1130. The van der Waals surface area contributed by atoms with Crippen LogP contribution in [0.4, 0.5) is 5.69 Å². The smallest absolute Gasteiger partial charge is 0.337 e. The lowest BCUT2D eigenvalue weighted by molar-refractivity contribution is 0.0697. The van der Waals surface area contributed by atoms with Gasteiger partial charge in [0.25, 0.3) is 0 Å². The van der Waals surface area contributed by atoms with Crippen LogP contribution in [0.15, 0.2) is 60.7 Å². The van der Waals surface area contributed by atoms with Crippen LogP contribution in [0.25, 0.3) is 0 Å². The number of hydrogen-bond donors (Lipinski definition) is 4. The summed E-state index contributed by atoms with van der Waals surface area (Å²) in [7, 11) is 0. The van der Waals surface area contributed by atoms with Crippen LogP contribution in [-0.4, -0.2) is 28.8 Å². The van der Waals surface area contributed by atoms with Gasteiger partial charge >= 0.3 is 5.97 Å². The first kappa shape index (κ1) is 22.1. The van der Waals surface area contributed by atoms with Gasteiger partial charge in [-0.15, -0.1) is 0 Å². The summed E-state index contributed by atoms with van der Waals surface area (Å²) >= 11 is 6.02. The van der Waals surface area contributed by atoms with E-state index in [-0.39, 0.29) is 17.3 Å². The summed E-state index contributed by atoms with van der Waals surface area (Å²) in [6.45, 7) is 0.444. The third-order valence-electron chi connectivity index (χ3n) is 5.73. The van der Waals surface area contributed by atoms with Crippen LogP contribution in [0, 0.1) is 0 Å². The van der Waals surface area contributed by atoms with E-state index in [2.05, 4.69) is 11.4 Å². The Morgan fingerprint density at radius 1 is 1.12 bits per heavy atom. The molecule has 3 aromatic carbocycles. The number of rotatable bonds is 7. The molecule has 0 saturated carbocycles. The second kappa shape index (κ2) is 9.61. The normalized spacial score (nSPS) is 16.2. The Balaban J connectivity index is 1.41. The number of halogens is 1. The van der Waals surface area contributed by atoms with E-state index in [1.165, 1.54) is 23.3 Å². The highest BCUT2D eigenvalue weighted by atomic mass is 35.5. The number of fused-ring (bicyclic) bond motifs is 1. The zero-order valence-electron chi connectivity index (χ0n) is 17.4. The van der Waals surface area contributed by atoms with E-state index in [1.807, 2.05) is 24.3 Å². The van der Waals surface area contributed by atoms with Gasteiger partial charge in [-0.3, -0.25) is 0 Å². The van der Waals surface area contributed by atoms with Crippen molar-refractivity contribution in [3.8, 4) is 11.5 Å². The minimum Gasteiger partial charge on any atom is -0.478 e. The molecule has 166 valence electrons. The van der Waals surface area contributed by atoms with Crippen molar-refractivity contribution in [2.75, 3.05) is 12.3 Å². The molecule has 4 rings (SSSR count). The van der Waals surface area contributed by atoms with Gasteiger partial charge in [-0.2, -0.15) is 0 Å². The van der Waals surface area contributed by atoms with E-state index in [9.17, 15) is 15.0 Å². The van der Waals surface area contributed by atoms with Crippen molar-refractivity contribution in [2.45, 2.75) is 31.4 Å². The van der Waals surface area contributed by atoms with Gasteiger partial charge in [-0.05, 0) is 78.4 Å². The van der Waals surface area contributed by atoms with Crippen molar-refractivity contribution >= 4 is 23.3 Å². The van der Waals surface area contributed by atoms with Crippen molar-refractivity contribution in [3.63, 3.8) is 0 Å². The van der Waals surface area contributed by atoms with Crippen LogP contribution in [0.1, 0.15) is 39.6 Å². The molecule has 0 bridgehead atoms. The number of anilines is 1. The van der Waals surface area contributed by atoms with Crippen molar-refractivity contribution in [3.05, 3.63) is 87.9 Å². The highest BCUT2D eigenvalue weighted by Gasteiger charge is 2.20. The molecule has 1 aliphatic carbocycles. The molecule has 32 heavy (non-hydrogen) atoms. The average Bonchev–Trinajstić information content (AvgIpc) is 2.78. The molecule has 0 fully saturated rings. The molecule has 0 aromatic heterocycles. The summed E-state index contributed by atoms with van der Waals surface area (Å²) in [4.78, 5) is 11.3. The number of hydrogen-bond acceptors (Lipinski definition) is 5. The molecule has 3 aromatic rings. The number of benzene rings is 3. The first-order valence-corrected chi connectivity index (χ1v) is 10.9. The highest BCUT2D eigenvalue weighted by Crippen LogP contribution is 2.30. The molecule has 7 heteroatoms. The van der Waals surface area contributed by atoms with Crippen molar-refractivity contribution in [1.82, 2.24) is 5.32 Å². The Morgan fingerprint density at radius 3 is 2.69 bits per heavy atom. The van der Waals surface area contributed by atoms with Crippen molar-refractivity contribution < 1.29 is 19.7 Å². The lowest BCUT2D eigenvalue weighted by atomic mass is 9.88. The Morgan fingerprint density at radius 2 is 1.91 bits per heavy atom. The number of carbonyl (C=O) groups is 1. The fourth-order valence-corrected chi connectivity index (χ4v) is 4.20. The molecule has 6 nitrogen and oxygen atoms in total. The van der Waals surface area contributed by atoms with Gasteiger partial charge < -0.3 is 26.0 Å². The monoisotopic (exact) mass is 452 g/mol. The number of ether oxygens (including phenoxy) is 1. The highest BCUT2D eigenvalue weighted by molar-refractivity contribution is 6.30. The first-order chi connectivity index (χ1) is 15.4. The molecule has 2 atom stereocenters. The van der Waals surface area contributed by atoms with Gasteiger partial charge in [-0.1, -0.05) is 29.8 Å². The van der Waals surface area contributed by atoms with E-state index in [1.54, 1.807) is 18.2 Å². The standard InChI is InChI=1S/C25H25ClN2O4/c26-18-3-1-2-16(10-18)24(29)14-28-19-6-4-15-5-7-20(12-17(15)11-19)32-21-8-9-23(27)22(13-21)25(30)31/h1-3,5,7-10,12-13,19,24,28-29H,4,6,11,14,27H2,(H,30,31)/t19-,24+/m0/s1. The number of aliphatic hydroxyl groups is 1. The molecule has 0 spiro atoms. The zero-order chi connectivity index (χ0) is 22.7. The predicted molar refractivity (Wildman–Crippen MR) is 125 cm³/mol. The number of carboxylic acid groups (broad SMARTS) is 1. The van der Waals surface area contributed by atoms with Crippen molar-refractivity contribution in [2.24, 2.45) is 0 Å². The molecular weight excluding hydrogens is 428 g/mol. The molecule has 0 aliphatic heterocycles. The third-order valence-corrected chi connectivity index (χ3v) is 5.97. The topological polar surface area (TPSA) is 105 Å². The number of aromatic carboxylic acids is 1. The van der Waals surface area contributed by atoms with Crippen LogP contribution in [-0.2, 0) is 12.8 Å². The maximum atomic E-state index is 11.3. The average molecular weight is 453 g/mol. The van der Waals surface area contributed by atoms with E-state index >= 15 is 0 Å². The van der Waals surface area contributed by atoms with Crippen LogP contribution < -0.4 is 15.8 Å². The van der Waals surface area contributed by atoms with Gasteiger partial charge in [0.15, 0.2) is 0 Å². The molecule has 0 saturated heterocycles. The summed E-state index contributed by atoms with van der Waals surface area (Å²) < 4.78 is 5.90. The summed E-state index contributed by atoms with van der Waals surface area (Å²) in [5, 5.41) is 23.8. The van der Waals surface area contributed by atoms with E-state index in [4.69, 9.17) is 22.1 Å². The molecule has 0 radical (unpaired) electrons. The number of nitrogen functional groups attached to an aromatic ring is 1. The van der Waals surface area contributed by atoms with Gasteiger partial charge in [0, 0.05) is 23.3 Å². The number of nitrogens with one attached hydrogen (secondary N) is 1. The van der Waals surface area contributed by atoms with Gasteiger partial charge in [0.1, 0.15) is 11.5 Å². The first-order valence-electron chi connectivity index (χ1n) is 10.5. The lowest BCUT2D eigenvalue weighted by Crippen LogP contribution is -2.37.